The van der Waals surface area contributed by atoms with E-state index in [1.54, 1.807) is 0 Å². The van der Waals surface area contributed by atoms with Crippen molar-refractivity contribution in [2.24, 2.45) is 0 Å². The highest BCUT2D eigenvalue weighted by molar-refractivity contribution is 7.89. The van der Waals surface area contributed by atoms with Crippen molar-refractivity contribution >= 4 is 15.8 Å². The number of carbonyl (C=O) groups is 1. The number of rotatable bonds is 4. The van der Waals surface area contributed by atoms with Crippen LogP contribution >= 0.6 is 0 Å². The third-order valence-corrected chi connectivity index (χ3v) is 4.44. The molecule has 1 rings (SSSR count). The lowest BCUT2D eigenvalue weighted by Crippen LogP contribution is -2.47. The molecule has 1 heterocycles. The van der Waals surface area contributed by atoms with E-state index in [2.05, 4.69) is 4.90 Å². The van der Waals surface area contributed by atoms with Gasteiger partial charge in [-0.15, -0.1) is 0 Å². The molecule has 0 N–H and O–H groups in total. The predicted octanol–water partition coefficient (Wildman–Crippen LogP) is -0.457. The molecule has 5 nitrogen and oxygen atoms in total. The fourth-order valence-corrected chi connectivity index (χ4v) is 2.99. The molecule has 0 unspecified atom stereocenters. The summed E-state index contributed by atoms with van der Waals surface area (Å²) in [5.74, 6) is -0.126. The molecule has 0 spiro atoms. The minimum Gasteiger partial charge on any atom is -0.304 e. The van der Waals surface area contributed by atoms with E-state index >= 15 is 0 Å². The molecule has 1 aliphatic heterocycles. The van der Waals surface area contributed by atoms with Gasteiger partial charge in [0.25, 0.3) is 0 Å². The first-order valence-corrected chi connectivity index (χ1v) is 6.68. The van der Waals surface area contributed by atoms with Crippen molar-refractivity contribution in [3.05, 3.63) is 0 Å². The zero-order valence-corrected chi connectivity index (χ0v) is 10.1. The highest BCUT2D eigenvalue weighted by Gasteiger charge is 2.25. The van der Waals surface area contributed by atoms with E-state index < -0.39 is 10.0 Å². The van der Waals surface area contributed by atoms with Crippen molar-refractivity contribution in [3.8, 4) is 0 Å². The van der Waals surface area contributed by atoms with Crippen molar-refractivity contribution in [3.63, 3.8) is 0 Å². The van der Waals surface area contributed by atoms with Gasteiger partial charge in [-0.2, -0.15) is 4.31 Å². The molecule has 0 aromatic carbocycles. The normalized spacial score (nSPS) is 20.4. The van der Waals surface area contributed by atoms with Crippen LogP contribution in [0.5, 0.6) is 0 Å². The Balaban J connectivity index is 2.50. The second-order valence-electron chi connectivity index (χ2n) is 3.97. The molecule has 6 heteroatoms. The molecule has 0 radical (unpaired) electrons. The first kappa shape index (κ1) is 12.6. The Bertz CT molecular complexity index is 318. The van der Waals surface area contributed by atoms with Crippen LogP contribution in [0.3, 0.4) is 0 Å². The van der Waals surface area contributed by atoms with Gasteiger partial charge in [0.05, 0.1) is 5.75 Å². The molecule has 1 saturated heterocycles. The highest BCUT2D eigenvalue weighted by Crippen LogP contribution is 2.07. The molecule has 1 fully saturated rings. The van der Waals surface area contributed by atoms with E-state index in [1.807, 2.05) is 7.05 Å². The molecule has 88 valence electrons. The number of ketones is 1. The van der Waals surface area contributed by atoms with E-state index in [9.17, 15) is 13.2 Å². The molecule has 0 aliphatic carbocycles. The average Bonchev–Trinajstić information content (AvgIpc) is 2.16. The minimum absolute atomic E-state index is 0.0496. The van der Waals surface area contributed by atoms with Gasteiger partial charge in [-0.25, -0.2) is 8.42 Å². The van der Waals surface area contributed by atoms with E-state index in [0.717, 1.165) is 13.1 Å². The summed E-state index contributed by atoms with van der Waals surface area (Å²) in [6.07, 6.45) is 0.120. The van der Waals surface area contributed by atoms with Crippen LogP contribution in [0.1, 0.15) is 13.3 Å². The Morgan fingerprint density at radius 2 is 1.73 bits per heavy atom. The monoisotopic (exact) mass is 234 g/mol. The molecular formula is C9H18N2O3S. The maximum atomic E-state index is 11.8. The number of hydrogen-bond donors (Lipinski definition) is 0. The Labute approximate surface area is 91.1 Å². The molecular weight excluding hydrogens is 216 g/mol. The summed E-state index contributed by atoms with van der Waals surface area (Å²) in [6.45, 7) is 4.02. The van der Waals surface area contributed by atoms with E-state index in [0.29, 0.717) is 13.1 Å². The summed E-state index contributed by atoms with van der Waals surface area (Å²) >= 11 is 0. The molecule has 0 amide bonds. The van der Waals surface area contributed by atoms with Crippen molar-refractivity contribution < 1.29 is 13.2 Å². The topological polar surface area (TPSA) is 57.7 Å². The van der Waals surface area contributed by atoms with Gasteiger partial charge < -0.3 is 4.90 Å². The number of carbonyl (C=O) groups excluding carboxylic acids is 1. The van der Waals surface area contributed by atoms with Gasteiger partial charge in [0.2, 0.25) is 10.0 Å². The molecule has 0 atom stereocenters. The Kier molecular flexibility index (Phi) is 4.24. The van der Waals surface area contributed by atoms with E-state index in [1.165, 1.54) is 11.2 Å². The third kappa shape index (κ3) is 3.89. The van der Waals surface area contributed by atoms with Gasteiger partial charge in [0, 0.05) is 32.6 Å². The molecule has 1 aliphatic rings. The third-order valence-electron chi connectivity index (χ3n) is 2.57. The van der Waals surface area contributed by atoms with E-state index in [-0.39, 0.29) is 18.0 Å². The van der Waals surface area contributed by atoms with Crippen LogP contribution in [0, 0.1) is 0 Å². The van der Waals surface area contributed by atoms with Crippen LogP contribution in [0.4, 0.5) is 0 Å². The molecule has 0 bridgehead atoms. The van der Waals surface area contributed by atoms with E-state index in [4.69, 9.17) is 0 Å². The lowest BCUT2D eigenvalue weighted by Gasteiger charge is -2.31. The Morgan fingerprint density at radius 1 is 1.20 bits per heavy atom. The standard InChI is InChI=1S/C9H18N2O3S/c1-9(12)3-8-15(13,14)11-6-4-10(2)5-7-11/h3-8H2,1-2H3. The number of likely N-dealkylation sites (N-methyl/N-ethyl adjacent to an activating group) is 1. The highest BCUT2D eigenvalue weighted by atomic mass is 32.2. The lowest BCUT2D eigenvalue weighted by atomic mass is 10.4. The van der Waals surface area contributed by atoms with Crippen molar-refractivity contribution in [1.29, 1.82) is 0 Å². The van der Waals surface area contributed by atoms with Crippen LogP contribution in [-0.2, 0) is 14.8 Å². The minimum atomic E-state index is -3.22. The quantitative estimate of drug-likeness (QED) is 0.660. The largest absolute Gasteiger partial charge is 0.304 e. The second-order valence-corrected chi connectivity index (χ2v) is 6.06. The summed E-state index contributed by atoms with van der Waals surface area (Å²) in [7, 11) is -1.24. The zero-order valence-electron chi connectivity index (χ0n) is 9.27. The Morgan fingerprint density at radius 3 is 2.20 bits per heavy atom. The summed E-state index contributed by atoms with van der Waals surface area (Å²) in [5.41, 5.74) is 0. The van der Waals surface area contributed by atoms with Gasteiger partial charge in [0.1, 0.15) is 5.78 Å². The summed E-state index contributed by atoms with van der Waals surface area (Å²) in [5, 5.41) is 0. The number of sulfonamides is 1. The summed E-state index contributed by atoms with van der Waals surface area (Å²) in [6, 6.07) is 0. The fraction of sp³-hybridized carbons (Fsp3) is 0.889. The first-order chi connectivity index (χ1) is 6.92. The number of Topliss-reactive ketones (excluding diaryl/α,β-unsaturated/α-hetero) is 1. The van der Waals surface area contributed by atoms with Gasteiger partial charge in [-0.05, 0) is 14.0 Å². The fourth-order valence-electron chi connectivity index (χ4n) is 1.47. The van der Waals surface area contributed by atoms with Crippen molar-refractivity contribution in [1.82, 2.24) is 9.21 Å². The summed E-state index contributed by atoms with van der Waals surface area (Å²) in [4.78, 5) is 12.8. The lowest BCUT2D eigenvalue weighted by molar-refractivity contribution is -0.116. The van der Waals surface area contributed by atoms with Gasteiger partial charge >= 0.3 is 0 Å². The van der Waals surface area contributed by atoms with Gasteiger partial charge in [-0.3, -0.25) is 4.79 Å². The molecule has 15 heavy (non-hydrogen) atoms. The number of piperazine rings is 1. The van der Waals surface area contributed by atoms with Gasteiger partial charge in [0.15, 0.2) is 0 Å². The maximum Gasteiger partial charge on any atom is 0.214 e. The number of nitrogens with zero attached hydrogens (tertiary/aromatic N) is 2. The zero-order chi connectivity index (χ0) is 11.5. The van der Waals surface area contributed by atoms with Crippen LogP contribution in [0.2, 0.25) is 0 Å². The smallest absolute Gasteiger partial charge is 0.214 e. The SMILES string of the molecule is CC(=O)CCS(=O)(=O)N1CCN(C)CC1. The van der Waals surface area contributed by atoms with Crippen LogP contribution in [-0.4, -0.2) is 62.4 Å². The molecule has 0 saturated carbocycles. The molecule has 0 aromatic rings. The average molecular weight is 234 g/mol. The van der Waals surface area contributed by atoms with Crippen LogP contribution < -0.4 is 0 Å². The molecule has 0 aromatic heterocycles. The van der Waals surface area contributed by atoms with Crippen LogP contribution in [0.15, 0.2) is 0 Å². The Hall–Kier alpha value is -0.460. The predicted molar refractivity (Wildman–Crippen MR) is 58.2 cm³/mol. The van der Waals surface area contributed by atoms with Crippen molar-refractivity contribution in [2.45, 2.75) is 13.3 Å². The number of hydrogen-bond acceptors (Lipinski definition) is 4. The van der Waals surface area contributed by atoms with Gasteiger partial charge in [-0.1, -0.05) is 0 Å². The second kappa shape index (κ2) is 5.05. The van der Waals surface area contributed by atoms with Crippen LogP contribution in [0.25, 0.3) is 0 Å². The first-order valence-electron chi connectivity index (χ1n) is 5.07. The maximum absolute atomic E-state index is 11.8. The summed E-state index contributed by atoms with van der Waals surface area (Å²) < 4.78 is 25.0. The van der Waals surface area contributed by atoms with Crippen molar-refractivity contribution in [2.75, 3.05) is 39.0 Å².